The number of ether oxygens (including phenoxy) is 1. The predicted octanol–water partition coefficient (Wildman–Crippen LogP) is 1.86. The Kier molecular flexibility index (Phi) is 4.26. The Labute approximate surface area is 101 Å². The molecule has 0 amide bonds. The lowest BCUT2D eigenvalue weighted by Gasteiger charge is -2.17. The summed E-state index contributed by atoms with van der Waals surface area (Å²) in [5.74, 6) is 0.666. The number of para-hydroxylation sites is 1. The van der Waals surface area contributed by atoms with Crippen LogP contribution in [0.25, 0.3) is 0 Å². The van der Waals surface area contributed by atoms with Gasteiger partial charge in [0.2, 0.25) is 0 Å². The molecule has 3 N–H and O–H groups in total. The zero-order valence-corrected chi connectivity index (χ0v) is 10.4. The van der Waals surface area contributed by atoms with E-state index in [2.05, 4.69) is 0 Å². The van der Waals surface area contributed by atoms with Crippen LogP contribution in [0.2, 0.25) is 0 Å². The van der Waals surface area contributed by atoms with Gasteiger partial charge in [-0.1, -0.05) is 24.4 Å². The third-order valence-electron chi connectivity index (χ3n) is 2.12. The highest BCUT2D eigenvalue weighted by Crippen LogP contribution is 2.18. The largest absolute Gasteiger partial charge is 0.493 e. The highest BCUT2D eigenvalue weighted by atomic mass is 32.1. The first-order valence-corrected chi connectivity index (χ1v) is 5.55. The molecule has 0 aliphatic carbocycles. The third-order valence-corrected chi connectivity index (χ3v) is 2.34. The molecule has 16 heavy (non-hydrogen) atoms. The van der Waals surface area contributed by atoms with E-state index in [4.69, 9.17) is 22.7 Å². The first kappa shape index (κ1) is 12.9. The average molecular weight is 239 g/mol. The molecule has 1 rings (SSSR count). The summed E-state index contributed by atoms with van der Waals surface area (Å²) in [6, 6.07) is 7.36. The molecule has 4 heteroatoms. The molecule has 0 spiro atoms. The molecule has 0 radical (unpaired) electrons. The standard InChI is InChI=1S/C12H17NO2S/c1-12(2,14)7-8-15-10-6-4-3-5-9(10)11(13)16/h3-6,14H,7-8H2,1-2H3,(H2,13,16). The van der Waals surface area contributed by atoms with Gasteiger partial charge in [-0.3, -0.25) is 0 Å². The summed E-state index contributed by atoms with van der Waals surface area (Å²) in [5, 5.41) is 9.54. The quantitative estimate of drug-likeness (QED) is 0.770. The van der Waals surface area contributed by atoms with E-state index < -0.39 is 5.60 Å². The third kappa shape index (κ3) is 4.16. The molecule has 0 saturated carbocycles. The second-order valence-electron chi connectivity index (χ2n) is 4.27. The van der Waals surface area contributed by atoms with Crippen LogP contribution in [0, 0.1) is 0 Å². The fraction of sp³-hybridized carbons (Fsp3) is 0.417. The minimum absolute atomic E-state index is 0.318. The van der Waals surface area contributed by atoms with Crippen LogP contribution in [0.4, 0.5) is 0 Å². The van der Waals surface area contributed by atoms with Crippen molar-refractivity contribution >= 4 is 17.2 Å². The van der Waals surface area contributed by atoms with Crippen LogP contribution in [-0.4, -0.2) is 22.3 Å². The molecule has 88 valence electrons. The number of hydrogen-bond donors (Lipinski definition) is 2. The van der Waals surface area contributed by atoms with Crippen molar-refractivity contribution in [3.63, 3.8) is 0 Å². The van der Waals surface area contributed by atoms with Crippen LogP contribution in [-0.2, 0) is 0 Å². The lowest BCUT2D eigenvalue weighted by atomic mass is 10.1. The van der Waals surface area contributed by atoms with E-state index in [-0.39, 0.29) is 0 Å². The average Bonchev–Trinajstić information content (AvgIpc) is 2.16. The normalized spacial score (nSPS) is 11.2. The molecule has 0 heterocycles. The van der Waals surface area contributed by atoms with Crippen LogP contribution in [0.1, 0.15) is 25.8 Å². The Morgan fingerprint density at radius 1 is 1.44 bits per heavy atom. The Morgan fingerprint density at radius 3 is 2.62 bits per heavy atom. The van der Waals surface area contributed by atoms with E-state index in [9.17, 15) is 5.11 Å². The van der Waals surface area contributed by atoms with E-state index in [1.54, 1.807) is 13.8 Å². The second-order valence-corrected chi connectivity index (χ2v) is 4.71. The maximum absolute atomic E-state index is 9.54. The van der Waals surface area contributed by atoms with Gasteiger partial charge in [-0.25, -0.2) is 0 Å². The van der Waals surface area contributed by atoms with Crippen LogP contribution in [0.15, 0.2) is 24.3 Å². The first-order valence-electron chi connectivity index (χ1n) is 5.14. The molecule has 0 aromatic heterocycles. The number of thiocarbonyl (C=S) groups is 1. The van der Waals surface area contributed by atoms with Crippen molar-refractivity contribution in [1.82, 2.24) is 0 Å². The van der Waals surface area contributed by atoms with Crippen LogP contribution in [0.3, 0.4) is 0 Å². The van der Waals surface area contributed by atoms with Gasteiger partial charge in [0.25, 0.3) is 0 Å². The SMILES string of the molecule is CC(C)(O)CCOc1ccccc1C(N)=S. The van der Waals surface area contributed by atoms with Gasteiger partial charge in [-0.15, -0.1) is 0 Å². The number of hydrogen-bond acceptors (Lipinski definition) is 3. The van der Waals surface area contributed by atoms with Crippen molar-refractivity contribution in [2.24, 2.45) is 5.73 Å². The molecular formula is C12H17NO2S. The number of aliphatic hydroxyl groups is 1. The summed E-state index contributed by atoms with van der Waals surface area (Å²) in [5.41, 5.74) is 5.58. The maximum atomic E-state index is 9.54. The van der Waals surface area contributed by atoms with Crippen molar-refractivity contribution in [3.05, 3.63) is 29.8 Å². The predicted molar refractivity (Wildman–Crippen MR) is 68.7 cm³/mol. The fourth-order valence-electron chi connectivity index (χ4n) is 1.21. The van der Waals surface area contributed by atoms with Crippen LogP contribution >= 0.6 is 12.2 Å². The zero-order valence-electron chi connectivity index (χ0n) is 9.56. The second kappa shape index (κ2) is 5.27. The van der Waals surface area contributed by atoms with Crippen molar-refractivity contribution < 1.29 is 9.84 Å². The molecule has 0 unspecified atom stereocenters. The Hall–Kier alpha value is -1.13. The molecule has 1 aromatic carbocycles. The Morgan fingerprint density at radius 2 is 2.06 bits per heavy atom. The molecule has 3 nitrogen and oxygen atoms in total. The fourth-order valence-corrected chi connectivity index (χ4v) is 1.38. The summed E-state index contributed by atoms with van der Waals surface area (Å²) in [7, 11) is 0. The Bertz CT molecular complexity index is 372. The number of nitrogens with two attached hydrogens (primary N) is 1. The summed E-state index contributed by atoms with van der Waals surface area (Å²) < 4.78 is 5.55. The van der Waals surface area contributed by atoms with E-state index in [0.717, 1.165) is 5.56 Å². The molecule has 0 atom stereocenters. The minimum Gasteiger partial charge on any atom is -0.493 e. The van der Waals surface area contributed by atoms with Gasteiger partial charge in [0.15, 0.2) is 0 Å². The van der Waals surface area contributed by atoms with Crippen molar-refractivity contribution in [2.75, 3.05) is 6.61 Å². The minimum atomic E-state index is -0.724. The monoisotopic (exact) mass is 239 g/mol. The van der Waals surface area contributed by atoms with Gasteiger partial charge >= 0.3 is 0 Å². The molecule has 0 bridgehead atoms. The van der Waals surface area contributed by atoms with Gasteiger partial charge in [0.05, 0.1) is 17.8 Å². The van der Waals surface area contributed by atoms with Crippen molar-refractivity contribution in [3.8, 4) is 5.75 Å². The molecule has 1 aromatic rings. The van der Waals surface area contributed by atoms with Gasteiger partial charge in [0, 0.05) is 6.42 Å². The van der Waals surface area contributed by atoms with E-state index in [0.29, 0.717) is 23.8 Å². The van der Waals surface area contributed by atoms with Crippen molar-refractivity contribution in [2.45, 2.75) is 25.9 Å². The first-order chi connectivity index (χ1) is 7.40. The van der Waals surface area contributed by atoms with Gasteiger partial charge in [-0.2, -0.15) is 0 Å². The van der Waals surface area contributed by atoms with Crippen LogP contribution in [0.5, 0.6) is 5.75 Å². The number of rotatable bonds is 5. The van der Waals surface area contributed by atoms with Crippen LogP contribution < -0.4 is 10.5 Å². The lowest BCUT2D eigenvalue weighted by Crippen LogP contribution is -2.22. The number of benzene rings is 1. The topological polar surface area (TPSA) is 55.5 Å². The highest BCUT2D eigenvalue weighted by Gasteiger charge is 2.13. The summed E-state index contributed by atoms with van der Waals surface area (Å²) in [4.78, 5) is 0.318. The van der Waals surface area contributed by atoms with Crippen molar-refractivity contribution in [1.29, 1.82) is 0 Å². The lowest BCUT2D eigenvalue weighted by molar-refractivity contribution is 0.0553. The smallest absolute Gasteiger partial charge is 0.129 e. The summed E-state index contributed by atoms with van der Waals surface area (Å²) in [6.45, 7) is 3.93. The summed E-state index contributed by atoms with van der Waals surface area (Å²) in [6.07, 6.45) is 0.554. The molecule has 0 aliphatic rings. The molecule has 0 fully saturated rings. The zero-order chi connectivity index (χ0) is 12.2. The van der Waals surface area contributed by atoms with E-state index in [1.807, 2.05) is 24.3 Å². The Balaban J connectivity index is 2.64. The van der Waals surface area contributed by atoms with E-state index >= 15 is 0 Å². The summed E-state index contributed by atoms with van der Waals surface area (Å²) >= 11 is 4.92. The van der Waals surface area contributed by atoms with E-state index in [1.165, 1.54) is 0 Å². The highest BCUT2D eigenvalue weighted by molar-refractivity contribution is 7.80. The van der Waals surface area contributed by atoms with Gasteiger partial charge < -0.3 is 15.6 Å². The maximum Gasteiger partial charge on any atom is 0.129 e. The van der Waals surface area contributed by atoms with Gasteiger partial charge in [0.1, 0.15) is 10.7 Å². The molecular weight excluding hydrogens is 222 g/mol. The molecule has 0 aliphatic heterocycles. The van der Waals surface area contributed by atoms with Gasteiger partial charge in [-0.05, 0) is 26.0 Å². The molecule has 0 saturated heterocycles.